The standard InChI is InChI=1S/C4H10O.C2H7NO2.H4Si/c1-4(2)5-3;1-4-3-5-2;/h4H,1-3H3;3H,1-2H3;1H4. The summed E-state index contributed by atoms with van der Waals surface area (Å²) in [7, 11) is 4.65. The Kier molecular flexibility index (Phi) is 25.9. The number of ether oxygens (including phenoxy) is 1. The number of methoxy groups -OCH3 is 1. The van der Waals surface area contributed by atoms with Crippen molar-refractivity contribution in [1.82, 2.24) is 5.64 Å². The van der Waals surface area contributed by atoms with Crippen LogP contribution >= 0.6 is 0 Å². The van der Waals surface area contributed by atoms with Crippen molar-refractivity contribution >= 4 is 11.0 Å². The molecule has 0 aromatic heterocycles. The van der Waals surface area contributed by atoms with Crippen LogP contribution in [0.25, 0.3) is 0 Å². The fourth-order valence-corrected chi connectivity index (χ4v) is 0.0833. The van der Waals surface area contributed by atoms with Crippen LogP contribution in [0.2, 0.25) is 0 Å². The molecule has 0 saturated carbocycles. The first-order valence-electron chi connectivity index (χ1n) is 3.02. The van der Waals surface area contributed by atoms with Gasteiger partial charge in [0, 0.05) is 7.11 Å². The molecule has 0 fully saturated rings. The second-order valence-electron chi connectivity index (χ2n) is 1.78. The van der Waals surface area contributed by atoms with Gasteiger partial charge in [0.15, 0.2) is 0 Å². The van der Waals surface area contributed by atoms with Crippen LogP contribution in [-0.4, -0.2) is 38.4 Å². The highest BCUT2D eigenvalue weighted by Crippen LogP contribution is 1.77. The summed E-state index contributed by atoms with van der Waals surface area (Å²) >= 11 is 0. The zero-order valence-electron chi connectivity index (χ0n) is 7.30. The van der Waals surface area contributed by atoms with E-state index in [0.29, 0.717) is 6.10 Å². The maximum Gasteiger partial charge on any atom is 0.0599 e. The first kappa shape index (κ1) is 17.2. The largest absolute Gasteiger partial charge is 0.382 e. The highest BCUT2D eigenvalue weighted by atomic mass is 28.1. The lowest BCUT2D eigenvalue weighted by Crippen LogP contribution is -2.07. The number of hydrogen-bond donors (Lipinski definition) is 1. The highest BCUT2D eigenvalue weighted by molar-refractivity contribution is 5.75. The second-order valence-corrected chi connectivity index (χ2v) is 1.78. The monoisotopic (exact) mass is 183 g/mol. The molecule has 0 aromatic rings. The summed E-state index contributed by atoms with van der Waals surface area (Å²) in [5.74, 6) is 0. The molecule has 0 heterocycles. The highest BCUT2D eigenvalue weighted by Gasteiger charge is 1.78. The lowest BCUT2D eigenvalue weighted by Gasteiger charge is -1.94. The summed E-state index contributed by atoms with van der Waals surface area (Å²) in [6, 6.07) is 0. The van der Waals surface area contributed by atoms with Crippen molar-refractivity contribution in [1.29, 1.82) is 0 Å². The van der Waals surface area contributed by atoms with Gasteiger partial charge in [-0.05, 0) is 24.8 Å². The van der Waals surface area contributed by atoms with Crippen molar-refractivity contribution in [2.45, 2.75) is 20.0 Å². The fourth-order valence-electron chi connectivity index (χ4n) is 0.0833. The third-order valence-corrected chi connectivity index (χ3v) is 0.638. The lowest BCUT2D eigenvalue weighted by molar-refractivity contribution is -0.130. The molecule has 0 bridgehead atoms. The molecule has 0 atom stereocenters. The van der Waals surface area contributed by atoms with Crippen molar-refractivity contribution in [3.63, 3.8) is 0 Å². The Hall–Kier alpha value is 0.0569. The molecule has 0 spiro atoms. The third kappa shape index (κ3) is 39.7. The Balaban J connectivity index is -0.000000107. The van der Waals surface area contributed by atoms with Crippen LogP contribution in [0.4, 0.5) is 0 Å². The zero-order valence-corrected chi connectivity index (χ0v) is 7.30. The van der Waals surface area contributed by atoms with Gasteiger partial charge in [0.25, 0.3) is 0 Å². The van der Waals surface area contributed by atoms with Crippen molar-refractivity contribution in [2.75, 3.05) is 21.3 Å². The van der Waals surface area contributed by atoms with E-state index in [9.17, 15) is 0 Å². The molecule has 11 heavy (non-hydrogen) atoms. The van der Waals surface area contributed by atoms with E-state index < -0.39 is 0 Å². The van der Waals surface area contributed by atoms with Crippen LogP contribution in [0, 0.1) is 0 Å². The first-order chi connectivity index (χ1) is 4.68. The van der Waals surface area contributed by atoms with E-state index in [0.717, 1.165) is 0 Å². The molecule has 5 heteroatoms. The lowest BCUT2D eigenvalue weighted by atomic mass is 10.5. The van der Waals surface area contributed by atoms with E-state index >= 15 is 0 Å². The van der Waals surface area contributed by atoms with Crippen LogP contribution in [0.5, 0.6) is 0 Å². The maximum absolute atomic E-state index is 4.75. The minimum atomic E-state index is 0. The fraction of sp³-hybridized carbons (Fsp3) is 1.00. The molecule has 0 saturated heterocycles. The topological polar surface area (TPSA) is 39.7 Å². The predicted molar refractivity (Wildman–Crippen MR) is 50.6 cm³/mol. The molecule has 0 rings (SSSR count). The molecule has 0 unspecified atom stereocenters. The Bertz CT molecular complexity index is 53.1. The normalized spacial score (nSPS) is 8.18. The summed E-state index contributed by atoms with van der Waals surface area (Å²) < 4.78 is 4.75. The zero-order chi connectivity index (χ0) is 8.41. The smallest absolute Gasteiger partial charge is 0.0599 e. The maximum atomic E-state index is 4.75. The summed E-state index contributed by atoms with van der Waals surface area (Å²) in [5, 5.41) is 0. The molecular formula is C6H21NO3Si. The third-order valence-electron chi connectivity index (χ3n) is 0.638. The Morgan fingerprint density at radius 3 is 1.27 bits per heavy atom. The quantitative estimate of drug-likeness (QED) is 0.463. The van der Waals surface area contributed by atoms with E-state index in [1.165, 1.54) is 14.2 Å². The van der Waals surface area contributed by atoms with Gasteiger partial charge in [-0.3, -0.25) is 9.68 Å². The van der Waals surface area contributed by atoms with Gasteiger partial charge in [-0.25, -0.2) is 0 Å². The average molecular weight is 183 g/mol. The van der Waals surface area contributed by atoms with E-state index in [1.54, 1.807) is 7.11 Å². The van der Waals surface area contributed by atoms with Crippen LogP contribution in [0.1, 0.15) is 13.8 Å². The number of nitrogens with one attached hydrogen (secondary N) is 1. The van der Waals surface area contributed by atoms with Crippen LogP contribution < -0.4 is 5.64 Å². The van der Waals surface area contributed by atoms with E-state index in [1.807, 2.05) is 13.8 Å². The van der Waals surface area contributed by atoms with Crippen molar-refractivity contribution < 1.29 is 14.4 Å². The van der Waals surface area contributed by atoms with Gasteiger partial charge in [-0.2, -0.15) is 0 Å². The minimum Gasteiger partial charge on any atom is -0.382 e. The van der Waals surface area contributed by atoms with E-state index in [-0.39, 0.29) is 11.0 Å². The molecule has 0 aliphatic heterocycles. The van der Waals surface area contributed by atoms with Gasteiger partial charge >= 0.3 is 0 Å². The van der Waals surface area contributed by atoms with Gasteiger partial charge in [-0.1, -0.05) is 5.64 Å². The predicted octanol–water partition coefficient (Wildman–Crippen LogP) is -0.712. The van der Waals surface area contributed by atoms with E-state index in [2.05, 4.69) is 15.3 Å². The van der Waals surface area contributed by atoms with Gasteiger partial charge in [-0.15, -0.1) is 0 Å². The van der Waals surface area contributed by atoms with Gasteiger partial charge in [0.05, 0.1) is 20.3 Å². The van der Waals surface area contributed by atoms with Crippen LogP contribution in [0.15, 0.2) is 0 Å². The summed E-state index contributed by atoms with van der Waals surface area (Å²) in [4.78, 5) is 8.44. The Morgan fingerprint density at radius 1 is 1.00 bits per heavy atom. The molecule has 0 aliphatic rings. The van der Waals surface area contributed by atoms with E-state index in [4.69, 9.17) is 4.74 Å². The number of rotatable bonds is 3. The summed E-state index contributed by atoms with van der Waals surface area (Å²) in [6.45, 7) is 4.00. The first-order valence-corrected chi connectivity index (χ1v) is 3.02. The SMILES string of the molecule is COC(C)C.CONOC.[SiH4]. The Labute approximate surface area is 73.1 Å². The van der Waals surface area contributed by atoms with Gasteiger partial charge < -0.3 is 4.74 Å². The minimum absolute atomic E-state index is 0. The van der Waals surface area contributed by atoms with Gasteiger partial charge in [0.2, 0.25) is 0 Å². The molecule has 72 valence electrons. The van der Waals surface area contributed by atoms with Crippen molar-refractivity contribution in [3.8, 4) is 0 Å². The molecule has 4 nitrogen and oxygen atoms in total. The van der Waals surface area contributed by atoms with Crippen LogP contribution in [-0.2, 0) is 14.4 Å². The molecule has 0 aromatic carbocycles. The van der Waals surface area contributed by atoms with Crippen molar-refractivity contribution in [2.24, 2.45) is 0 Å². The Morgan fingerprint density at radius 2 is 1.27 bits per heavy atom. The van der Waals surface area contributed by atoms with Gasteiger partial charge in [0.1, 0.15) is 0 Å². The molecular weight excluding hydrogens is 162 g/mol. The molecule has 0 aliphatic carbocycles. The molecule has 0 radical (unpaired) electrons. The summed E-state index contributed by atoms with van der Waals surface area (Å²) in [6.07, 6.45) is 0.384. The molecule has 1 N–H and O–H groups in total. The van der Waals surface area contributed by atoms with Crippen molar-refractivity contribution in [3.05, 3.63) is 0 Å². The summed E-state index contributed by atoms with van der Waals surface area (Å²) in [5.41, 5.74) is 2.11. The number of hydrogen-bond acceptors (Lipinski definition) is 4. The van der Waals surface area contributed by atoms with Crippen LogP contribution in [0.3, 0.4) is 0 Å². The molecule has 0 amide bonds. The average Bonchev–Trinajstić information content (AvgIpc) is 1.91. The second kappa shape index (κ2) is 16.6.